The zero-order chi connectivity index (χ0) is 10.8. The fraction of sp³-hybridized carbons (Fsp3) is 0.200. The van der Waals surface area contributed by atoms with E-state index in [1.165, 1.54) is 11.8 Å². The van der Waals surface area contributed by atoms with Gasteiger partial charge in [0.05, 0.1) is 0 Å². The molecule has 0 aliphatic rings. The number of aryl methyl sites for hydroxylation is 2. The maximum atomic E-state index is 5.95. The number of aromatic amines is 1. The van der Waals surface area contributed by atoms with Gasteiger partial charge in [-0.2, -0.15) is 0 Å². The summed E-state index contributed by atoms with van der Waals surface area (Å²) in [6, 6.07) is 5.94. The number of nitrogens with zero attached hydrogens (tertiary/aromatic N) is 2. The molecule has 1 aromatic carbocycles. The molecule has 0 aliphatic heterocycles. The molecule has 1 aromatic heterocycles. The first-order valence-corrected chi connectivity index (χ1v) is 5.40. The molecule has 78 valence electrons. The van der Waals surface area contributed by atoms with E-state index in [1.807, 2.05) is 32.0 Å². The lowest BCUT2D eigenvalue weighted by Gasteiger charge is -2.04. The number of para-hydroxylation sites is 1. The summed E-state index contributed by atoms with van der Waals surface area (Å²) in [6.45, 7) is 3.86. The number of anilines is 1. The lowest BCUT2D eigenvalue weighted by Crippen LogP contribution is -1.92. The van der Waals surface area contributed by atoms with Crippen LogP contribution < -0.4 is 5.73 Å². The van der Waals surface area contributed by atoms with Crippen LogP contribution in [-0.4, -0.2) is 15.2 Å². The molecule has 3 N–H and O–H groups in total. The van der Waals surface area contributed by atoms with Crippen molar-refractivity contribution in [1.82, 2.24) is 15.2 Å². The monoisotopic (exact) mass is 220 g/mol. The molecule has 0 spiro atoms. The summed E-state index contributed by atoms with van der Waals surface area (Å²) in [7, 11) is 0. The van der Waals surface area contributed by atoms with E-state index in [0.29, 0.717) is 5.16 Å². The van der Waals surface area contributed by atoms with Crippen molar-refractivity contribution in [2.45, 2.75) is 23.9 Å². The van der Waals surface area contributed by atoms with Crippen LogP contribution in [0.2, 0.25) is 0 Å². The van der Waals surface area contributed by atoms with Crippen LogP contribution in [0, 0.1) is 13.8 Å². The molecule has 0 fully saturated rings. The highest BCUT2D eigenvalue weighted by atomic mass is 32.2. The van der Waals surface area contributed by atoms with Gasteiger partial charge in [0.25, 0.3) is 0 Å². The Morgan fingerprint density at radius 2 is 2.13 bits per heavy atom. The van der Waals surface area contributed by atoms with Crippen molar-refractivity contribution < 1.29 is 0 Å². The summed E-state index contributed by atoms with van der Waals surface area (Å²) < 4.78 is 0. The maximum Gasteiger partial charge on any atom is 0.213 e. The van der Waals surface area contributed by atoms with Gasteiger partial charge < -0.3 is 5.73 Å². The van der Waals surface area contributed by atoms with E-state index in [2.05, 4.69) is 15.2 Å². The number of nitrogens with one attached hydrogen (secondary N) is 1. The second-order valence-electron chi connectivity index (χ2n) is 3.29. The van der Waals surface area contributed by atoms with Crippen molar-refractivity contribution in [1.29, 1.82) is 0 Å². The Morgan fingerprint density at radius 1 is 1.33 bits per heavy atom. The molecular weight excluding hydrogens is 208 g/mol. The number of nitrogens with two attached hydrogens (primary N) is 1. The average Bonchev–Trinajstić information content (AvgIpc) is 2.59. The molecule has 0 radical (unpaired) electrons. The smallest absolute Gasteiger partial charge is 0.213 e. The van der Waals surface area contributed by atoms with Crippen molar-refractivity contribution in [2.75, 3.05) is 5.73 Å². The molecule has 1 heterocycles. The normalized spacial score (nSPS) is 10.5. The van der Waals surface area contributed by atoms with E-state index in [1.54, 1.807) is 0 Å². The number of nitrogen functional groups attached to an aromatic ring is 1. The molecule has 2 rings (SSSR count). The number of hydrogen-bond donors (Lipinski definition) is 2. The van der Waals surface area contributed by atoms with Crippen molar-refractivity contribution in [3.05, 3.63) is 29.6 Å². The van der Waals surface area contributed by atoms with E-state index < -0.39 is 0 Å². The highest BCUT2D eigenvalue weighted by Crippen LogP contribution is 2.31. The topological polar surface area (TPSA) is 67.6 Å². The highest BCUT2D eigenvalue weighted by Gasteiger charge is 2.06. The molecule has 0 bridgehead atoms. The maximum absolute atomic E-state index is 5.95. The van der Waals surface area contributed by atoms with Gasteiger partial charge >= 0.3 is 0 Å². The van der Waals surface area contributed by atoms with Crippen molar-refractivity contribution in [2.24, 2.45) is 0 Å². The Hall–Kier alpha value is -1.49. The molecule has 0 saturated carbocycles. The van der Waals surface area contributed by atoms with Crippen LogP contribution in [-0.2, 0) is 0 Å². The summed E-state index contributed by atoms with van der Waals surface area (Å²) in [5, 5.41) is 7.55. The molecule has 5 heteroatoms. The molecule has 0 atom stereocenters. The summed E-state index contributed by atoms with van der Waals surface area (Å²) in [4.78, 5) is 5.21. The Kier molecular flexibility index (Phi) is 2.64. The Bertz CT molecular complexity index is 478. The minimum Gasteiger partial charge on any atom is -0.398 e. The number of H-pyrrole nitrogens is 1. The lowest BCUT2D eigenvalue weighted by atomic mass is 10.2. The van der Waals surface area contributed by atoms with Gasteiger partial charge in [0.1, 0.15) is 5.82 Å². The van der Waals surface area contributed by atoms with E-state index in [0.717, 1.165) is 22.0 Å². The Labute approximate surface area is 92.3 Å². The first kappa shape index (κ1) is 10.0. The Morgan fingerprint density at radius 3 is 2.80 bits per heavy atom. The van der Waals surface area contributed by atoms with E-state index in [9.17, 15) is 0 Å². The molecule has 0 aliphatic carbocycles. The van der Waals surface area contributed by atoms with Gasteiger partial charge in [-0.15, -0.1) is 5.10 Å². The molecule has 4 nitrogen and oxygen atoms in total. The molecular formula is C10H12N4S. The molecule has 2 aromatic rings. The fourth-order valence-corrected chi connectivity index (χ4v) is 2.10. The number of aromatic nitrogens is 3. The zero-order valence-corrected chi connectivity index (χ0v) is 9.43. The molecule has 0 saturated heterocycles. The summed E-state index contributed by atoms with van der Waals surface area (Å²) in [6.07, 6.45) is 0. The van der Waals surface area contributed by atoms with Gasteiger partial charge in [0.2, 0.25) is 5.16 Å². The third kappa shape index (κ3) is 2.12. The molecule has 0 unspecified atom stereocenters. The quantitative estimate of drug-likeness (QED) is 0.761. The van der Waals surface area contributed by atoms with Crippen LogP contribution in [0.1, 0.15) is 11.4 Å². The largest absolute Gasteiger partial charge is 0.398 e. The number of rotatable bonds is 2. The van der Waals surface area contributed by atoms with Crippen molar-refractivity contribution in [3.8, 4) is 0 Å². The van der Waals surface area contributed by atoms with Crippen LogP contribution in [0.4, 0.5) is 5.69 Å². The van der Waals surface area contributed by atoms with Gasteiger partial charge in [-0.25, -0.2) is 4.98 Å². The van der Waals surface area contributed by atoms with Crippen molar-refractivity contribution in [3.63, 3.8) is 0 Å². The number of benzene rings is 1. The molecule has 0 amide bonds. The lowest BCUT2D eigenvalue weighted by molar-refractivity contribution is 0.969. The summed E-state index contributed by atoms with van der Waals surface area (Å²) in [5.74, 6) is 0.809. The predicted octanol–water partition coefficient (Wildman–Crippen LogP) is 2.15. The standard InChI is InChI=1S/C10H12N4S/c1-6-4-3-5-8(9(6)11)15-10-12-7(2)13-14-10/h3-5H,11H2,1-2H3,(H,12,13,14). The van der Waals surface area contributed by atoms with Crippen molar-refractivity contribution >= 4 is 17.4 Å². The van der Waals surface area contributed by atoms with E-state index in [4.69, 9.17) is 5.73 Å². The van der Waals surface area contributed by atoms with Gasteiger partial charge in [-0.05, 0) is 37.2 Å². The highest BCUT2D eigenvalue weighted by molar-refractivity contribution is 7.99. The van der Waals surface area contributed by atoms with Gasteiger partial charge in [-0.3, -0.25) is 5.10 Å². The van der Waals surface area contributed by atoms with Crippen LogP contribution in [0.25, 0.3) is 0 Å². The average molecular weight is 220 g/mol. The molecule has 15 heavy (non-hydrogen) atoms. The second kappa shape index (κ2) is 3.94. The minimum absolute atomic E-state index is 0.699. The third-order valence-corrected chi connectivity index (χ3v) is 3.00. The third-order valence-electron chi connectivity index (χ3n) is 2.06. The fourth-order valence-electron chi connectivity index (χ4n) is 1.21. The predicted molar refractivity (Wildman–Crippen MR) is 60.8 cm³/mol. The van der Waals surface area contributed by atoms with Crippen LogP contribution in [0.15, 0.2) is 28.3 Å². The van der Waals surface area contributed by atoms with Crippen LogP contribution in [0.3, 0.4) is 0 Å². The SMILES string of the molecule is Cc1nc(Sc2cccc(C)c2N)n[nH]1. The van der Waals surface area contributed by atoms with Crippen LogP contribution >= 0.6 is 11.8 Å². The first-order valence-electron chi connectivity index (χ1n) is 4.59. The second-order valence-corrected chi connectivity index (χ2v) is 4.30. The minimum atomic E-state index is 0.699. The summed E-state index contributed by atoms with van der Waals surface area (Å²) in [5.41, 5.74) is 7.82. The summed E-state index contributed by atoms with van der Waals surface area (Å²) >= 11 is 1.47. The van der Waals surface area contributed by atoms with Crippen LogP contribution in [0.5, 0.6) is 0 Å². The van der Waals surface area contributed by atoms with Gasteiger partial charge in [0, 0.05) is 10.6 Å². The van der Waals surface area contributed by atoms with Gasteiger partial charge in [0.15, 0.2) is 0 Å². The van der Waals surface area contributed by atoms with E-state index >= 15 is 0 Å². The van der Waals surface area contributed by atoms with Gasteiger partial charge in [-0.1, -0.05) is 12.1 Å². The Balaban J connectivity index is 2.28. The zero-order valence-electron chi connectivity index (χ0n) is 8.61. The van der Waals surface area contributed by atoms with E-state index in [-0.39, 0.29) is 0 Å². The first-order chi connectivity index (χ1) is 7.16. The number of hydrogen-bond acceptors (Lipinski definition) is 4.